The van der Waals surface area contributed by atoms with E-state index in [0.717, 1.165) is 5.57 Å². The Bertz CT molecular complexity index is 105. The van der Waals surface area contributed by atoms with E-state index in [4.69, 9.17) is 5.73 Å². The minimum atomic E-state index is -0.375. The Morgan fingerprint density at radius 1 is 1.50 bits per heavy atom. The van der Waals surface area contributed by atoms with Crippen molar-refractivity contribution in [1.29, 1.82) is 0 Å². The smallest absolute Gasteiger partial charge is 0.241 e. The van der Waals surface area contributed by atoms with Gasteiger partial charge in [0.2, 0.25) is 5.91 Å². The van der Waals surface area contributed by atoms with Crippen molar-refractivity contribution < 1.29 is 4.79 Å². The van der Waals surface area contributed by atoms with Crippen LogP contribution in [0.1, 0.15) is 13.8 Å². The van der Waals surface area contributed by atoms with Crippen molar-refractivity contribution in [2.24, 2.45) is 5.73 Å². The average molecular weight is 122 g/mol. The average Bonchev–Trinajstić information content (AvgIpc) is 1.27. The van der Waals surface area contributed by atoms with Crippen molar-refractivity contribution in [1.82, 2.24) is 0 Å². The van der Waals surface area contributed by atoms with E-state index in [-0.39, 0.29) is 35.5 Å². The number of carbonyl (C=O) groups is 1. The molecule has 0 saturated carbocycles. The van der Waals surface area contributed by atoms with Crippen LogP contribution in [-0.2, 0) is 4.79 Å². The largest absolute Gasteiger partial charge is 0.366 e. The summed E-state index contributed by atoms with van der Waals surface area (Å²) in [4.78, 5) is 9.96. The molecule has 8 heavy (non-hydrogen) atoms. The fourth-order valence-corrected chi connectivity index (χ4v) is 0.285. The fourth-order valence-electron chi connectivity index (χ4n) is 0.285. The molecule has 0 atom stereocenters. The van der Waals surface area contributed by atoms with E-state index in [1.54, 1.807) is 0 Å². The summed E-state index contributed by atoms with van der Waals surface area (Å²) >= 11 is 0. The molecule has 0 aromatic rings. The van der Waals surface area contributed by atoms with Gasteiger partial charge in [0.1, 0.15) is 0 Å². The Morgan fingerprint density at radius 2 is 1.88 bits per heavy atom. The van der Waals surface area contributed by atoms with E-state index in [9.17, 15) is 4.79 Å². The molecular weight excluding hydrogens is 113 g/mol. The van der Waals surface area contributed by atoms with Gasteiger partial charge in [0.05, 0.1) is 0 Å². The molecule has 0 saturated heterocycles. The molecule has 0 heterocycles. The summed E-state index contributed by atoms with van der Waals surface area (Å²) < 4.78 is 0. The van der Waals surface area contributed by atoms with Crippen LogP contribution in [0, 0.1) is 0 Å². The molecule has 0 aliphatic rings. The molecule has 0 aliphatic carbocycles. The molecule has 0 spiro atoms. The molecule has 1 amide bonds. The third kappa shape index (κ3) is 9.51. The maximum atomic E-state index is 9.96. The van der Waals surface area contributed by atoms with Gasteiger partial charge in [0, 0.05) is 35.6 Å². The first-order chi connectivity index (χ1) is 3.13. The first kappa shape index (κ1) is 11.1. The van der Waals surface area contributed by atoms with Gasteiger partial charge < -0.3 is 5.73 Å². The molecule has 41 valence electrons. The van der Waals surface area contributed by atoms with Gasteiger partial charge in [0.15, 0.2) is 0 Å². The maximum Gasteiger partial charge on any atom is 0.241 e. The van der Waals surface area contributed by atoms with Crippen molar-refractivity contribution in [3.8, 4) is 0 Å². The molecule has 1 radical (unpaired) electrons. The van der Waals surface area contributed by atoms with Crippen LogP contribution in [0.2, 0.25) is 0 Å². The molecular formula is C5H9NNaO. The van der Waals surface area contributed by atoms with Crippen molar-refractivity contribution in [2.75, 3.05) is 0 Å². The monoisotopic (exact) mass is 122 g/mol. The van der Waals surface area contributed by atoms with Crippen molar-refractivity contribution >= 4 is 35.5 Å². The first-order valence-corrected chi connectivity index (χ1v) is 2.07. The Kier molecular flexibility index (Phi) is 7.40. The molecule has 0 unspecified atom stereocenters. The predicted molar refractivity (Wildman–Crippen MR) is 34.4 cm³/mol. The molecule has 2 nitrogen and oxygen atoms in total. The molecule has 3 heteroatoms. The molecule has 2 N–H and O–H groups in total. The summed E-state index contributed by atoms with van der Waals surface area (Å²) in [5.74, 6) is -0.375. The van der Waals surface area contributed by atoms with E-state index in [1.165, 1.54) is 6.08 Å². The number of hydrogen-bond acceptors (Lipinski definition) is 1. The Labute approximate surface area is 71.4 Å². The van der Waals surface area contributed by atoms with E-state index in [1.807, 2.05) is 13.8 Å². The number of amides is 1. The van der Waals surface area contributed by atoms with Crippen LogP contribution in [0.4, 0.5) is 0 Å². The van der Waals surface area contributed by atoms with E-state index < -0.39 is 0 Å². The predicted octanol–water partition coefficient (Wildman–Crippen LogP) is 0.0571. The van der Waals surface area contributed by atoms with Crippen LogP contribution in [0.25, 0.3) is 0 Å². The summed E-state index contributed by atoms with van der Waals surface area (Å²) in [7, 11) is 0. The number of hydrogen-bond donors (Lipinski definition) is 1. The third-order valence-electron chi connectivity index (χ3n) is 0.431. The Hall–Kier alpha value is 0.210. The Morgan fingerprint density at radius 3 is 1.88 bits per heavy atom. The van der Waals surface area contributed by atoms with E-state index in [0.29, 0.717) is 0 Å². The van der Waals surface area contributed by atoms with Crippen molar-refractivity contribution in [3.05, 3.63) is 11.6 Å². The molecule has 0 aromatic carbocycles. The first-order valence-electron chi connectivity index (χ1n) is 2.07. The van der Waals surface area contributed by atoms with Crippen LogP contribution in [0.5, 0.6) is 0 Å². The van der Waals surface area contributed by atoms with E-state index >= 15 is 0 Å². The quantitative estimate of drug-likeness (QED) is 0.387. The van der Waals surface area contributed by atoms with Gasteiger partial charge in [-0.2, -0.15) is 0 Å². The van der Waals surface area contributed by atoms with Crippen LogP contribution < -0.4 is 5.73 Å². The van der Waals surface area contributed by atoms with Crippen LogP contribution >= 0.6 is 0 Å². The zero-order chi connectivity index (χ0) is 5.86. The molecule has 0 rings (SSSR count). The summed E-state index contributed by atoms with van der Waals surface area (Å²) in [6, 6.07) is 0. The minimum Gasteiger partial charge on any atom is -0.366 e. The van der Waals surface area contributed by atoms with Gasteiger partial charge in [0.25, 0.3) is 0 Å². The standard InChI is InChI=1S/C5H9NO.Na/c1-4(2)3-5(6)7;/h3H,1-2H3,(H2,6,7);. The number of carbonyl (C=O) groups excluding carboxylic acids is 1. The minimum absolute atomic E-state index is 0. The molecule has 0 aliphatic heterocycles. The van der Waals surface area contributed by atoms with Crippen LogP contribution in [-0.4, -0.2) is 35.5 Å². The number of rotatable bonds is 1. The van der Waals surface area contributed by atoms with Gasteiger partial charge in [-0.3, -0.25) is 4.79 Å². The zero-order valence-corrected chi connectivity index (χ0v) is 7.56. The summed E-state index contributed by atoms with van der Waals surface area (Å²) in [5, 5.41) is 0. The van der Waals surface area contributed by atoms with Crippen LogP contribution in [0.3, 0.4) is 0 Å². The SMILES string of the molecule is CC(C)=CC(N)=O.[Na]. The second-order valence-electron chi connectivity index (χ2n) is 1.62. The molecule has 0 fully saturated rings. The summed E-state index contributed by atoms with van der Waals surface area (Å²) in [5.41, 5.74) is 5.72. The third-order valence-corrected chi connectivity index (χ3v) is 0.431. The van der Waals surface area contributed by atoms with Gasteiger partial charge >= 0.3 is 0 Å². The zero-order valence-electron chi connectivity index (χ0n) is 5.56. The maximum absolute atomic E-state index is 9.96. The topological polar surface area (TPSA) is 43.1 Å². The second kappa shape index (κ2) is 5.35. The molecule has 0 aromatic heterocycles. The summed E-state index contributed by atoms with van der Waals surface area (Å²) in [6.07, 6.45) is 1.39. The van der Waals surface area contributed by atoms with Gasteiger partial charge in [-0.05, 0) is 13.8 Å². The summed E-state index contributed by atoms with van der Waals surface area (Å²) in [6.45, 7) is 3.65. The van der Waals surface area contributed by atoms with Gasteiger partial charge in [-0.25, -0.2) is 0 Å². The number of allylic oxidation sites excluding steroid dienone is 1. The number of primary amides is 1. The van der Waals surface area contributed by atoms with Crippen LogP contribution in [0.15, 0.2) is 11.6 Å². The van der Waals surface area contributed by atoms with Crippen molar-refractivity contribution in [2.45, 2.75) is 13.8 Å². The van der Waals surface area contributed by atoms with Crippen molar-refractivity contribution in [3.63, 3.8) is 0 Å². The molecule has 0 bridgehead atoms. The van der Waals surface area contributed by atoms with Gasteiger partial charge in [-0.1, -0.05) is 5.57 Å². The van der Waals surface area contributed by atoms with E-state index in [2.05, 4.69) is 0 Å². The fraction of sp³-hybridized carbons (Fsp3) is 0.400. The number of nitrogens with two attached hydrogens (primary N) is 1. The normalized spacial score (nSPS) is 6.75. The Balaban J connectivity index is 0. The second-order valence-corrected chi connectivity index (χ2v) is 1.62. The van der Waals surface area contributed by atoms with Gasteiger partial charge in [-0.15, -0.1) is 0 Å².